The number of nitrogens with zero attached hydrogens (tertiary/aromatic N) is 3. The topological polar surface area (TPSA) is 108 Å². The van der Waals surface area contributed by atoms with Crippen LogP contribution in [0.1, 0.15) is 34.8 Å². The number of rotatable bonds is 5. The van der Waals surface area contributed by atoms with Crippen LogP contribution in [0.3, 0.4) is 0 Å². The summed E-state index contributed by atoms with van der Waals surface area (Å²) in [5, 5.41) is 18.8. The Morgan fingerprint density at radius 3 is 2.59 bits per heavy atom. The van der Waals surface area contributed by atoms with E-state index in [0.717, 1.165) is 17.2 Å². The quantitative estimate of drug-likeness (QED) is 0.359. The fraction of sp³-hybridized carbons (Fsp3) is 0.167. The highest BCUT2D eigenvalue weighted by atomic mass is 35.5. The van der Waals surface area contributed by atoms with Gasteiger partial charge in [0.15, 0.2) is 6.10 Å². The Bertz CT molecular complexity index is 1000. The Morgan fingerprint density at radius 2 is 1.93 bits per heavy atom. The molecule has 0 aliphatic heterocycles. The first-order chi connectivity index (χ1) is 12.8. The number of nitro groups is 1. The minimum absolute atomic E-state index is 0.0451. The summed E-state index contributed by atoms with van der Waals surface area (Å²) in [5.41, 5.74) is 1.45. The van der Waals surface area contributed by atoms with Gasteiger partial charge >= 0.3 is 5.97 Å². The fourth-order valence-electron chi connectivity index (χ4n) is 2.27. The van der Waals surface area contributed by atoms with E-state index >= 15 is 0 Å². The lowest BCUT2D eigenvalue weighted by molar-refractivity contribution is -0.384. The Hall–Kier alpha value is -3.26. The summed E-state index contributed by atoms with van der Waals surface area (Å²) in [6, 6.07) is 11.0. The van der Waals surface area contributed by atoms with E-state index in [0.29, 0.717) is 5.89 Å². The lowest BCUT2D eigenvalue weighted by Gasteiger charge is -2.10. The van der Waals surface area contributed by atoms with Gasteiger partial charge in [0.2, 0.25) is 5.89 Å². The average molecular weight is 388 g/mol. The number of benzene rings is 2. The van der Waals surface area contributed by atoms with Crippen LogP contribution < -0.4 is 0 Å². The van der Waals surface area contributed by atoms with Crippen LogP contribution in [-0.2, 0) is 4.74 Å². The Balaban J connectivity index is 1.77. The molecule has 0 saturated carbocycles. The van der Waals surface area contributed by atoms with E-state index in [-0.39, 0.29) is 22.2 Å². The van der Waals surface area contributed by atoms with Gasteiger partial charge in [-0.1, -0.05) is 29.3 Å². The van der Waals surface area contributed by atoms with Crippen molar-refractivity contribution in [2.24, 2.45) is 0 Å². The number of carbonyl (C=O) groups excluding carboxylic acids is 1. The van der Waals surface area contributed by atoms with E-state index in [1.54, 1.807) is 6.92 Å². The van der Waals surface area contributed by atoms with E-state index in [1.807, 2.05) is 31.2 Å². The number of aryl methyl sites for hydroxylation is 1. The van der Waals surface area contributed by atoms with Gasteiger partial charge in [0, 0.05) is 17.7 Å². The van der Waals surface area contributed by atoms with E-state index in [4.69, 9.17) is 20.8 Å². The fourth-order valence-corrected chi connectivity index (χ4v) is 2.46. The summed E-state index contributed by atoms with van der Waals surface area (Å²) in [7, 11) is 0. The van der Waals surface area contributed by atoms with Crippen molar-refractivity contribution in [2.75, 3.05) is 0 Å². The predicted octanol–water partition coefficient (Wildman–Crippen LogP) is 4.52. The van der Waals surface area contributed by atoms with Gasteiger partial charge < -0.3 is 9.15 Å². The third kappa shape index (κ3) is 4.12. The maximum atomic E-state index is 12.3. The molecule has 3 aromatic rings. The van der Waals surface area contributed by atoms with Gasteiger partial charge in [-0.2, -0.15) is 0 Å². The molecule has 0 bridgehead atoms. The SMILES string of the molecule is Cc1ccc(-c2nnc([C@H](C)OC(=O)c3cc([N+](=O)[O-])ccc3Cl)o2)cc1. The molecule has 0 saturated heterocycles. The minimum Gasteiger partial charge on any atom is -0.449 e. The second kappa shape index (κ2) is 7.55. The van der Waals surface area contributed by atoms with Crippen LogP contribution in [0, 0.1) is 17.0 Å². The maximum Gasteiger partial charge on any atom is 0.340 e. The highest BCUT2D eigenvalue weighted by Gasteiger charge is 2.23. The van der Waals surface area contributed by atoms with Crippen molar-refractivity contribution in [3.8, 4) is 11.5 Å². The van der Waals surface area contributed by atoms with Gasteiger partial charge in [0.25, 0.3) is 11.6 Å². The molecule has 0 aliphatic rings. The largest absolute Gasteiger partial charge is 0.449 e. The molecule has 0 aliphatic carbocycles. The lowest BCUT2D eigenvalue weighted by Crippen LogP contribution is -2.10. The van der Waals surface area contributed by atoms with Gasteiger partial charge in [-0.15, -0.1) is 10.2 Å². The zero-order chi connectivity index (χ0) is 19.6. The molecule has 0 fully saturated rings. The highest BCUT2D eigenvalue weighted by molar-refractivity contribution is 6.33. The zero-order valence-electron chi connectivity index (χ0n) is 14.4. The zero-order valence-corrected chi connectivity index (χ0v) is 15.1. The molecule has 27 heavy (non-hydrogen) atoms. The standard InChI is InChI=1S/C18H14ClN3O5/c1-10-3-5-12(6-4-10)17-21-20-16(27-17)11(2)26-18(23)14-9-13(22(24)25)7-8-15(14)19/h3-9,11H,1-2H3/t11-/m0/s1. The molecule has 0 unspecified atom stereocenters. The van der Waals surface area contributed by atoms with E-state index in [9.17, 15) is 14.9 Å². The average Bonchev–Trinajstić information content (AvgIpc) is 3.12. The highest BCUT2D eigenvalue weighted by Crippen LogP contribution is 2.26. The monoisotopic (exact) mass is 387 g/mol. The number of hydrogen-bond acceptors (Lipinski definition) is 7. The molecule has 1 aromatic heterocycles. The number of hydrogen-bond donors (Lipinski definition) is 0. The van der Waals surface area contributed by atoms with Crippen molar-refractivity contribution in [1.29, 1.82) is 0 Å². The molecule has 1 atom stereocenters. The van der Waals surface area contributed by atoms with Crippen LogP contribution in [0.15, 0.2) is 46.9 Å². The molecule has 138 valence electrons. The summed E-state index contributed by atoms with van der Waals surface area (Å²) in [4.78, 5) is 22.6. The van der Waals surface area contributed by atoms with Gasteiger partial charge in [-0.3, -0.25) is 10.1 Å². The number of halogens is 1. The molecule has 0 N–H and O–H groups in total. The summed E-state index contributed by atoms with van der Waals surface area (Å²) >= 11 is 5.95. The Morgan fingerprint density at radius 1 is 1.22 bits per heavy atom. The molecule has 9 heteroatoms. The van der Waals surface area contributed by atoms with Crippen molar-refractivity contribution < 1.29 is 18.9 Å². The molecular weight excluding hydrogens is 374 g/mol. The maximum absolute atomic E-state index is 12.3. The molecule has 0 amide bonds. The normalized spacial score (nSPS) is 11.8. The number of nitro benzene ring substituents is 1. The molecule has 0 spiro atoms. The van der Waals surface area contributed by atoms with Crippen molar-refractivity contribution in [2.45, 2.75) is 20.0 Å². The number of carbonyl (C=O) groups is 1. The second-order valence-electron chi connectivity index (χ2n) is 5.78. The summed E-state index contributed by atoms with van der Waals surface area (Å²) in [6.45, 7) is 3.51. The van der Waals surface area contributed by atoms with Crippen LogP contribution >= 0.6 is 11.6 Å². The van der Waals surface area contributed by atoms with Crippen LogP contribution in [0.5, 0.6) is 0 Å². The van der Waals surface area contributed by atoms with Crippen molar-refractivity contribution in [3.63, 3.8) is 0 Å². The van der Waals surface area contributed by atoms with Gasteiger partial charge in [-0.25, -0.2) is 4.79 Å². The van der Waals surface area contributed by atoms with Crippen molar-refractivity contribution >= 4 is 23.3 Å². The van der Waals surface area contributed by atoms with Gasteiger partial charge in [-0.05, 0) is 32.0 Å². The molecule has 1 heterocycles. The number of ether oxygens (including phenoxy) is 1. The summed E-state index contributed by atoms with van der Waals surface area (Å²) < 4.78 is 10.8. The first-order valence-electron chi connectivity index (χ1n) is 7.90. The summed E-state index contributed by atoms with van der Waals surface area (Å²) in [6.07, 6.45) is -0.862. The first-order valence-corrected chi connectivity index (χ1v) is 8.28. The second-order valence-corrected chi connectivity index (χ2v) is 6.19. The smallest absolute Gasteiger partial charge is 0.340 e. The lowest BCUT2D eigenvalue weighted by atomic mass is 10.1. The molecule has 8 nitrogen and oxygen atoms in total. The van der Waals surface area contributed by atoms with E-state index in [2.05, 4.69) is 10.2 Å². The van der Waals surface area contributed by atoms with Gasteiger partial charge in [0.05, 0.1) is 15.5 Å². The van der Waals surface area contributed by atoms with Gasteiger partial charge in [0.1, 0.15) is 0 Å². The predicted molar refractivity (Wildman–Crippen MR) is 96.4 cm³/mol. The number of esters is 1. The van der Waals surface area contributed by atoms with Crippen LogP contribution in [0.25, 0.3) is 11.5 Å². The first kappa shape index (κ1) is 18.5. The molecule has 0 radical (unpaired) electrons. The minimum atomic E-state index is -0.862. The molecular formula is C18H14ClN3O5. The molecule has 2 aromatic carbocycles. The van der Waals surface area contributed by atoms with E-state index in [1.165, 1.54) is 12.1 Å². The third-order valence-electron chi connectivity index (χ3n) is 3.75. The Kier molecular flexibility index (Phi) is 5.18. The van der Waals surface area contributed by atoms with Crippen molar-refractivity contribution in [1.82, 2.24) is 10.2 Å². The number of aromatic nitrogens is 2. The number of non-ortho nitro benzene ring substituents is 1. The van der Waals surface area contributed by atoms with Crippen LogP contribution in [0.2, 0.25) is 5.02 Å². The van der Waals surface area contributed by atoms with Crippen LogP contribution in [0.4, 0.5) is 5.69 Å². The Labute approximate surface area is 158 Å². The summed E-state index contributed by atoms with van der Waals surface area (Å²) in [5.74, 6) is -0.437. The van der Waals surface area contributed by atoms with Crippen LogP contribution in [-0.4, -0.2) is 21.1 Å². The van der Waals surface area contributed by atoms with Crippen molar-refractivity contribution in [3.05, 3.63) is 74.6 Å². The third-order valence-corrected chi connectivity index (χ3v) is 4.08. The molecule has 3 rings (SSSR count). The van der Waals surface area contributed by atoms with E-state index < -0.39 is 17.0 Å².